The lowest BCUT2D eigenvalue weighted by Gasteiger charge is -2.11. The van der Waals surface area contributed by atoms with Crippen LogP contribution >= 0.6 is 9.24 Å². The smallest absolute Gasteiger partial charge is 0.123 e. The van der Waals surface area contributed by atoms with Gasteiger partial charge in [-0.3, -0.25) is 0 Å². The van der Waals surface area contributed by atoms with Crippen molar-refractivity contribution in [2.45, 2.75) is 0 Å². The molecule has 0 bridgehead atoms. The highest BCUT2D eigenvalue weighted by Gasteiger charge is 1.91. The molecule has 0 aromatic heterocycles. The Bertz CT molecular complexity index is 64.6. The molecule has 1 aliphatic rings. The largest absolute Gasteiger partial charge is 0.314 e. The molecule has 0 saturated carbocycles. The summed E-state index contributed by atoms with van der Waals surface area (Å²) in [5.41, 5.74) is 0. The van der Waals surface area contributed by atoms with Crippen molar-refractivity contribution in [1.82, 2.24) is 10.6 Å². The van der Waals surface area contributed by atoms with E-state index in [-0.39, 0.29) is 0 Å². The number of hydrogen-bond donors (Lipinski definition) is 2. The summed E-state index contributed by atoms with van der Waals surface area (Å²) in [6, 6.07) is 0. The zero-order valence-electron chi connectivity index (χ0n) is 6.10. The van der Waals surface area contributed by atoms with Gasteiger partial charge in [0.15, 0.2) is 0 Å². The lowest BCUT2D eigenvalue weighted by atomic mass is 10.4. The van der Waals surface area contributed by atoms with Crippen LogP contribution < -0.4 is 10.6 Å². The molecule has 1 saturated heterocycles. The van der Waals surface area contributed by atoms with E-state index in [1.807, 2.05) is 0 Å². The standard InChI is InChI=1S/C4H10N2.C2H5OP/c1-2-6-4-3-5-1;3-1-2-4/h5-6H,1-4H2;1H,2,4H2. The second-order valence-corrected chi connectivity index (χ2v) is 2.37. The predicted molar refractivity (Wildman–Crippen MR) is 46.4 cm³/mol. The summed E-state index contributed by atoms with van der Waals surface area (Å²) in [5, 5.41) is 6.44. The highest BCUT2D eigenvalue weighted by atomic mass is 31.0. The summed E-state index contributed by atoms with van der Waals surface area (Å²) in [5.74, 6) is 0. The van der Waals surface area contributed by atoms with Gasteiger partial charge in [-0.25, -0.2) is 0 Å². The third kappa shape index (κ3) is 8.02. The van der Waals surface area contributed by atoms with Gasteiger partial charge >= 0.3 is 0 Å². The van der Waals surface area contributed by atoms with Crippen LogP contribution in [0.5, 0.6) is 0 Å². The lowest BCUT2D eigenvalue weighted by molar-refractivity contribution is -0.105. The third-order valence-corrected chi connectivity index (χ3v) is 1.25. The summed E-state index contributed by atoms with van der Waals surface area (Å²) < 4.78 is 0. The molecule has 1 fully saturated rings. The van der Waals surface area contributed by atoms with Gasteiger partial charge in [0, 0.05) is 32.3 Å². The van der Waals surface area contributed by atoms with Gasteiger partial charge in [-0.05, 0) is 0 Å². The molecule has 1 atom stereocenters. The first-order valence-corrected chi connectivity index (χ1v) is 4.28. The monoisotopic (exact) mass is 162 g/mol. The Labute approximate surface area is 64.2 Å². The quantitative estimate of drug-likeness (QED) is 0.393. The summed E-state index contributed by atoms with van der Waals surface area (Å²) >= 11 is 0. The molecule has 0 aromatic rings. The number of aldehydes is 1. The molecule has 1 heterocycles. The topological polar surface area (TPSA) is 41.1 Å². The first kappa shape index (κ1) is 10.0. The van der Waals surface area contributed by atoms with Crippen LogP contribution in [0, 0.1) is 0 Å². The molecule has 0 aromatic carbocycles. The zero-order valence-corrected chi connectivity index (χ0v) is 7.25. The third-order valence-electron chi connectivity index (χ3n) is 1.05. The number of carbonyl (C=O) groups excluding carboxylic acids is 1. The fourth-order valence-corrected chi connectivity index (χ4v) is 0.604. The maximum atomic E-state index is 9.15. The number of carbonyl (C=O) groups is 1. The highest BCUT2D eigenvalue weighted by molar-refractivity contribution is 7.17. The van der Waals surface area contributed by atoms with Gasteiger partial charge in [-0.2, -0.15) is 0 Å². The van der Waals surface area contributed by atoms with Gasteiger partial charge in [0.1, 0.15) is 6.29 Å². The van der Waals surface area contributed by atoms with E-state index in [2.05, 4.69) is 19.9 Å². The van der Waals surface area contributed by atoms with Crippen molar-refractivity contribution < 1.29 is 4.79 Å². The van der Waals surface area contributed by atoms with E-state index in [4.69, 9.17) is 4.79 Å². The molecule has 4 heteroatoms. The minimum Gasteiger partial charge on any atom is -0.314 e. The summed E-state index contributed by atoms with van der Waals surface area (Å²) in [6.07, 6.45) is 1.39. The molecule has 0 spiro atoms. The van der Waals surface area contributed by atoms with Gasteiger partial charge < -0.3 is 15.4 Å². The van der Waals surface area contributed by atoms with Crippen LogP contribution in [0.4, 0.5) is 0 Å². The zero-order chi connectivity index (χ0) is 7.66. The minimum atomic E-state index is 0.556. The van der Waals surface area contributed by atoms with Crippen molar-refractivity contribution in [1.29, 1.82) is 0 Å². The fraction of sp³-hybridized carbons (Fsp3) is 0.833. The molecule has 0 aliphatic carbocycles. The van der Waals surface area contributed by atoms with E-state index in [0.29, 0.717) is 6.16 Å². The highest BCUT2D eigenvalue weighted by Crippen LogP contribution is 1.66. The first-order valence-electron chi connectivity index (χ1n) is 3.47. The molecular formula is C6H15N2OP. The van der Waals surface area contributed by atoms with E-state index in [1.165, 1.54) is 0 Å². The summed E-state index contributed by atoms with van der Waals surface area (Å²) in [4.78, 5) is 9.15. The molecule has 0 radical (unpaired) electrons. The van der Waals surface area contributed by atoms with Crippen molar-refractivity contribution in [2.24, 2.45) is 0 Å². The molecule has 2 N–H and O–H groups in total. The Hall–Kier alpha value is 0.0200. The van der Waals surface area contributed by atoms with Gasteiger partial charge in [0.2, 0.25) is 0 Å². The van der Waals surface area contributed by atoms with Crippen molar-refractivity contribution in [2.75, 3.05) is 32.3 Å². The van der Waals surface area contributed by atoms with Crippen molar-refractivity contribution >= 4 is 15.5 Å². The average molecular weight is 162 g/mol. The van der Waals surface area contributed by atoms with E-state index in [0.717, 1.165) is 32.5 Å². The normalized spacial score (nSPS) is 16.9. The maximum absolute atomic E-state index is 9.15. The predicted octanol–water partition coefficient (Wildman–Crippen LogP) is -0.760. The number of nitrogens with one attached hydrogen (secondary N) is 2. The molecular weight excluding hydrogens is 147 g/mol. The van der Waals surface area contributed by atoms with E-state index >= 15 is 0 Å². The van der Waals surface area contributed by atoms with E-state index < -0.39 is 0 Å². The Balaban J connectivity index is 0.000000180. The minimum absolute atomic E-state index is 0.556. The Morgan fingerprint density at radius 3 is 1.60 bits per heavy atom. The first-order chi connectivity index (χ1) is 4.91. The second-order valence-electron chi connectivity index (χ2n) is 1.90. The van der Waals surface area contributed by atoms with Crippen LogP contribution in [-0.4, -0.2) is 38.6 Å². The molecule has 10 heavy (non-hydrogen) atoms. The second kappa shape index (κ2) is 9.02. The molecule has 60 valence electrons. The van der Waals surface area contributed by atoms with Gasteiger partial charge in [0.05, 0.1) is 0 Å². The van der Waals surface area contributed by atoms with Crippen molar-refractivity contribution in [3.8, 4) is 0 Å². The Morgan fingerprint density at radius 2 is 1.50 bits per heavy atom. The van der Waals surface area contributed by atoms with Crippen LogP contribution in [0.1, 0.15) is 0 Å². The molecule has 0 amide bonds. The van der Waals surface area contributed by atoms with E-state index in [9.17, 15) is 0 Å². The van der Waals surface area contributed by atoms with Crippen molar-refractivity contribution in [3.05, 3.63) is 0 Å². The van der Waals surface area contributed by atoms with Crippen LogP contribution in [-0.2, 0) is 4.79 Å². The Kier molecular flexibility index (Phi) is 9.04. The summed E-state index contributed by atoms with van der Waals surface area (Å²) in [7, 11) is 2.29. The van der Waals surface area contributed by atoms with Crippen LogP contribution in [0.25, 0.3) is 0 Å². The fourth-order valence-electron chi connectivity index (χ4n) is 0.604. The lowest BCUT2D eigenvalue weighted by Crippen LogP contribution is -2.39. The average Bonchev–Trinajstić information content (AvgIpc) is 2.08. The maximum Gasteiger partial charge on any atom is 0.123 e. The van der Waals surface area contributed by atoms with Crippen LogP contribution in [0.3, 0.4) is 0 Å². The Morgan fingerprint density at radius 1 is 1.20 bits per heavy atom. The number of rotatable bonds is 1. The molecule has 1 rings (SSSR count). The molecule has 3 nitrogen and oxygen atoms in total. The van der Waals surface area contributed by atoms with Crippen LogP contribution in [0.15, 0.2) is 0 Å². The van der Waals surface area contributed by atoms with Gasteiger partial charge in [-0.1, -0.05) is 0 Å². The van der Waals surface area contributed by atoms with Gasteiger partial charge in [-0.15, -0.1) is 9.24 Å². The summed E-state index contributed by atoms with van der Waals surface area (Å²) in [6.45, 7) is 4.56. The molecule has 1 aliphatic heterocycles. The molecule has 1 unspecified atom stereocenters. The van der Waals surface area contributed by atoms with Gasteiger partial charge in [0.25, 0.3) is 0 Å². The van der Waals surface area contributed by atoms with E-state index in [1.54, 1.807) is 0 Å². The van der Waals surface area contributed by atoms with Crippen molar-refractivity contribution in [3.63, 3.8) is 0 Å². The number of hydrogen-bond acceptors (Lipinski definition) is 3. The van der Waals surface area contributed by atoms with Crippen LogP contribution in [0.2, 0.25) is 0 Å². The SMILES string of the molecule is C1CNCCN1.O=CCP. The number of piperazine rings is 1.